The SMILES string of the molecule is Nc1cc(C(F)(F)F)c(Cl)cc1F. The first-order chi connectivity index (χ1) is 5.82. The molecule has 0 saturated heterocycles. The van der Waals surface area contributed by atoms with E-state index in [1.807, 2.05) is 0 Å². The Hall–Kier alpha value is -0.970. The molecule has 1 aromatic rings. The van der Waals surface area contributed by atoms with E-state index in [0.717, 1.165) is 0 Å². The van der Waals surface area contributed by atoms with E-state index in [-0.39, 0.29) is 0 Å². The summed E-state index contributed by atoms with van der Waals surface area (Å²) in [6, 6.07) is 1.01. The average molecular weight is 214 g/mol. The molecule has 0 aliphatic rings. The maximum atomic E-state index is 12.6. The highest BCUT2D eigenvalue weighted by Crippen LogP contribution is 2.36. The lowest BCUT2D eigenvalue weighted by Crippen LogP contribution is -2.07. The average Bonchev–Trinajstić information content (AvgIpc) is 1.94. The molecule has 1 rings (SSSR count). The Morgan fingerprint density at radius 3 is 2.23 bits per heavy atom. The van der Waals surface area contributed by atoms with Crippen LogP contribution >= 0.6 is 11.6 Å². The third kappa shape index (κ3) is 2.03. The number of benzene rings is 1. The molecule has 0 unspecified atom stereocenters. The topological polar surface area (TPSA) is 26.0 Å². The fraction of sp³-hybridized carbons (Fsp3) is 0.143. The molecule has 0 atom stereocenters. The van der Waals surface area contributed by atoms with Crippen molar-refractivity contribution in [1.29, 1.82) is 0 Å². The second kappa shape index (κ2) is 3.06. The van der Waals surface area contributed by atoms with Gasteiger partial charge in [0.15, 0.2) is 0 Å². The van der Waals surface area contributed by atoms with Crippen LogP contribution in [0.25, 0.3) is 0 Å². The minimum Gasteiger partial charge on any atom is -0.396 e. The second-order valence-corrected chi connectivity index (χ2v) is 2.76. The van der Waals surface area contributed by atoms with Crippen molar-refractivity contribution in [3.63, 3.8) is 0 Å². The van der Waals surface area contributed by atoms with Crippen molar-refractivity contribution in [2.45, 2.75) is 6.18 Å². The lowest BCUT2D eigenvalue weighted by Gasteiger charge is -2.09. The van der Waals surface area contributed by atoms with Crippen molar-refractivity contribution in [1.82, 2.24) is 0 Å². The quantitative estimate of drug-likeness (QED) is 0.520. The van der Waals surface area contributed by atoms with Gasteiger partial charge in [0, 0.05) is 0 Å². The molecule has 0 aliphatic heterocycles. The molecule has 72 valence electrons. The molecule has 1 nitrogen and oxygen atoms in total. The molecule has 0 heterocycles. The summed E-state index contributed by atoms with van der Waals surface area (Å²) >= 11 is 5.17. The molecule has 0 radical (unpaired) electrons. The largest absolute Gasteiger partial charge is 0.417 e. The van der Waals surface area contributed by atoms with E-state index >= 15 is 0 Å². The first kappa shape index (κ1) is 10.1. The monoisotopic (exact) mass is 213 g/mol. The van der Waals surface area contributed by atoms with Gasteiger partial charge in [-0.2, -0.15) is 13.2 Å². The number of anilines is 1. The molecule has 0 amide bonds. The Kier molecular flexibility index (Phi) is 2.38. The molecule has 2 N–H and O–H groups in total. The van der Waals surface area contributed by atoms with Crippen molar-refractivity contribution in [2.24, 2.45) is 0 Å². The van der Waals surface area contributed by atoms with Crippen LogP contribution in [0.5, 0.6) is 0 Å². The summed E-state index contributed by atoms with van der Waals surface area (Å²) in [6.45, 7) is 0. The summed E-state index contributed by atoms with van der Waals surface area (Å²) in [5.41, 5.74) is 3.25. The van der Waals surface area contributed by atoms with Crippen LogP contribution < -0.4 is 5.73 Å². The predicted octanol–water partition coefficient (Wildman–Crippen LogP) is 3.08. The fourth-order valence-electron chi connectivity index (χ4n) is 0.783. The van der Waals surface area contributed by atoms with E-state index in [4.69, 9.17) is 17.3 Å². The molecule has 13 heavy (non-hydrogen) atoms. The first-order valence-corrected chi connectivity index (χ1v) is 3.52. The zero-order valence-electron chi connectivity index (χ0n) is 6.12. The lowest BCUT2D eigenvalue weighted by atomic mass is 10.2. The Morgan fingerprint density at radius 1 is 1.23 bits per heavy atom. The van der Waals surface area contributed by atoms with Crippen LogP contribution in [0.1, 0.15) is 5.56 Å². The normalized spacial score (nSPS) is 11.8. The summed E-state index contributed by atoms with van der Waals surface area (Å²) in [4.78, 5) is 0. The van der Waals surface area contributed by atoms with Gasteiger partial charge in [0.1, 0.15) is 5.82 Å². The maximum absolute atomic E-state index is 12.6. The number of halogens is 5. The summed E-state index contributed by atoms with van der Waals surface area (Å²) < 4.78 is 48.9. The third-order valence-electron chi connectivity index (χ3n) is 1.39. The van der Waals surface area contributed by atoms with Gasteiger partial charge in [-0.1, -0.05) is 11.6 Å². The van der Waals surface area contributed by atoms with Crippen molar-refractivity contribution in [3.8, 4) is 0 Å². The van der Waals surface area contributed by atoms with E-state index in [9.17, 15) is 17.6 Å². The van der Waals surface area contributed by atoms with E-state index in [1.54, 1.807) is 0 Å². The van der Waals surface area contributed by atoms with Crippen LogP contribution in [0.3, 0.4) is 0 Å². The molecule has 0 saturated carbocycles. The standard InChI is InChI=1S/C7H4ClF4N/c8-4-2-5(9)6(13)1-3(4)7(10,11)12/h1-2H,13H2. The Balaban J connectivity index is 3.32. The molecule has 1 aromatic carbocycles. The van der Waals surface area contributed by atoms with Crippen LogP contribution in [-0.2, 0) is 6.18 Å². The molecular formula is C7H4ClF4N. The molecule has 0 aliphatic carbocycles. The molecule has 0 fully saturated rings. The lowest BCUT2D eigenvalue weighted by molar-refractivity contribution is -0.137. The zero-order chi connectivity index (χ0) is 10.2. The summed E-state index contributed by atoms with van der Waals surface area (Å²) in [6.07, 6.45) is -4.61. The van der Waals surface area contributed by atoms with Gasteiger partial charge in [-0.25, -0.2) is 4.39 Å². The molecular weight excluding hydrogens is 210 g/mol. The molecule has 0 bridgehead atoms. The molecule has 0 spiro atoms. The first-order valence-electron chi connectivity index (χ1n) is 3.14. The Bertz CT molecular complexity index is 334. The van der Waals surface area contributed by atoms with Crippen molar-refractivity contribution in [3.05, 3.63) is 28.5 Å². The van der Waals surface area contributed by atoms with Crippen LogP contribution in [0, 0.1) is 5.82 Å². The van der Waals surface area contributed by atoms with Crippen LogP contribution in [0.4, 0.5) is 23.2 Å². The van der Waals surface area contributed by atoms with Crippen LogP contribution in [0.15, 0.2) is 12.1 Å². The minimum atomic E-state index is -4.61. The summed E-state index contributed by atoms with van der Waals surface area (Å²) in [7, 11) is 0. The predicted molar refractivity (Wildman–Crippen MR) is 40.8 cm³/mol. The van der Waals surface area contributed by atoms with Gasteiger partial charge in [-0.15, -0.1) is 0 Å². The van der Waals surface area contributed by atoms with Gasteiger partial charge in [0.25, 0.3) is 0 Å². The van der Waals surface area contributed by atoms with Gasteiger partial charge in [0.05, 0.1) is 16.3 Å². The number of nitrogen functional groups attached to an aromatic ring is 1. The van der Waals surface area contributed by atoms with E-state index in [2.05, 4.69) is 0 Å². The number of hydrogen-bond acceptors (Lipinski definition) is 1. The number of rotatable bonds is 0. The number of hydrogen-bond donors (Lipinski definition) is 1. The van der Waals surface area contributed by atoms with Gasteiger partial charge >= 0.3 is 6.18 Å². The van der Waals surface area contributed by atoms with E-state index in [0.29, 0.717) is 12.1 Å². The van der Waals surface area contributed by atoms with Crippen molar-refractivity contribution < 1.29 is 17.6 Å². The summed E-state index contributed by atoms with van der Waals surface area (Å²) in [5, 5.41) is -0.695. The Morgan fingerprint density at radius 2 is 1.77 bits per heavy atom. The smallest absolute Gasteiger partial charge is 0.396 e. The number of nitrogens with two attached hydrogens (primary N) is 1. The highest BCUT2D eigenvalue weighted by Gasteiger charge is 2.33. The fourth-order valence-corrected chi connectivity index (χ4v) is 1.04. The molecule has 0 aromatic heterocycles. The highest BCUT2D eigenvalue weighted by molar-refractivity contribution is 6.31. The van der Waals surface area contributed by atoms with E-state index in [1.165, 1.54) is 0 Å². The maximum Gasteiger partial charge on any atom is 0.417 e. The highest BCUT2D eigenvalue weighted by atomic mass is 35.5. The Labute approximate surface area is 76.1 Å². The van der Waals surface area contributed by atoms with Gasteiger partial charge in [0.2, 0.25) is 0 Å². The second-order valence-electron chi connectivity index (χ2n) is 2.35. The molecule has 6 heteroatoms. The summed E-state index contributed by atoms with van der Waals surface area (Å²) in [5.74, 6) is -0.960. The van der Waals surface area contributed by atoms with Gasteiger partial charge in [-0.3, -0.25) is 0 Å². The third-order valence-corrected chi connectivity index (χ3v) is 1.70. The van der Waals surface area contributed by atoms with E-state index < -0.39 is 28.3 Å². The van der Waals surface area contributed by atoms with Crippen molar-refractivity contribution in [2.75, 3.05) is 5.73 Å². The van der Waals surface area contributed by atoms with Crippen molar-refractivity contribution >= 4 is 17.3 Å². The van der Waals surface area contributed by atoms with Crippen LogP contribution in [0.2, 0.25) is 5.02 Å². The number of alkyl halides is 3. The van der Waals surface area contributed by atoms with Gasteiger partial charge in [-0.05, 0) is 12.1 Å². The minimum absolute atomic E-state index is 0.470. The van der Waals surface area contributed by atoms with Gasteiger partial charge < -0.3 is 5.73 Å². The van der Waals surface area contributed by atoms with Crippen LogP contribution in [-0.4, -0.2) is 0 Å². The zero-order valence-corrected chi connectivity index (χ0v) is 6.88.